The summed E-state index contributed by atoms with van der Waals surface area (Å²) in [7, 11) is 3.87. The maximum atomic E-state index is 12.1. The number of likely N-dealkylation sites (tertiary alicyclic amines) is 1. The Kier molecular flexibility index (Phi) is 6.80. The molecule has 1 saturated heterocycles. The number of hydrogen-bond acceptors (Lipinski definition) is 4. The number of likely N-dealkylation sites (N-methyl/N-ethyl adjacent to an activating group) is 1. The summed E-state index contributed by atoms with van der Waals surface area (Å²) in [6.07, 6.45) is 2.68. The zero-order valence-electron chi connectivity index (χ0n) is 12.0. The molecule has 2 amide bonds. The van der Waals surface area contributed by atoms with Crippen LogP contribution in [0.5, 0.6) is 0 Å². The zero-order chi connectivity index (χ0) is 14.3. The van der Waals surface area contributed by atoms with E-state index in [1.807, 2.05) is 19.0 Å². The molecular weight excluding hydrogens is 244 g/mol. The van der Waals surface area contributed by atoms with E-state index in [0.29, 0.717) is 13.1 Å². The number of amides is 2. The van der Waals surface area contributed by atoms with E-state index < -0.39 is 0 Å². The molecule has 19 heavy (non-hydrogen) atoms. The summed E-state index contributed by atoms with van der Waals surface area (Å²) in [6, 6.07) is 0. The van der Waals surface area contributed by atoms with E-state index in [9.17, 15) is 9.59 Å². The highest BCUT2D eigenvalue weighted by atomic mass is 16.2. The first-order valence-corrected chi connectivity index (χ1v) is 6.94. The average Bonchev–Trinajstić information content (AvgIpc) is 2.39. The van der Waals surface area contributed by atoms with E-state index in [1.165, 1.54) is 0 Å². The Bertz CT molecular complexity index is 309. The standard InChI is InChI=1S/C13H26N4O2/c1-15-6-4-7-16(2)10-12(18)17-8-3-5-11(9-17)13(14)19/h11,15H,3-10H2,1-2H3,(H2,14,19). The van der Waals surface area contributed by atoms with Gasteiger partial charge in [0.25, 0.3) is 0 Å². The number of hydrogen-bond donors (Lipinski definition) is 2. The number of piperidine rings is 1. The van der Waals surface area contributed by atoms with Crippen molar-refractivity contribution in [3.8, 4) is 0 Å². The SMILES string of the molecule is CNCCCN(C)CC(=O)N1CCCC(C(N)=O)C1. The molecule has 1 atom stereocenters. The fraction of sp³-hybridized carbons (Fsp3) is 0.846. The third-order valence-corrected chi connectivity index (χ3v) is 3.55. The molecule has 1 aliphatic rings. The number of carbonyl (C=O) groups excluding carboxylic acids is 2. The molecule has 1 heterocycles. The lowest BCUT2D eigenvalue weighted by Gasteiger charge is -2.32. The third-order valence-electron chi connectivity index (χ3n) is 3.55. The summed E-state index contributed by atoms with van der Waals surface area (Å²) in [6.45, 7) is 3.48. The molecular formula is C13H26N4O2. The average molecular weight is 270 g/mol. The van der Waals surface area contributed by atoms with Gasteiger partial charge in [0.05, 0.1) is 12.5 Å². The van der Waals surface area contributed by atoms with Crippen LogP contribution in [-0.4, -0.2) is 68.4 Å². The van der Waals surface area contributed by atoms with Gasteiger partial charge in [-0.2, -0.15) is 0 Å². The summed E-state index contributed by atoms with van der Waals surface area (Å²) >= 11 is 0. The van der Waals surface area contributed by atoms with Crippen LogP contribution in [0.4, 0.5) is 0 Å². The summed E-state index contributed by atoms with van der Waals surface area (Å²) in [5.41, 5.74) is 5.32. The Labute approximate surface area is 115 Å². The molecule has 6 heteroatoms. The largest absolute Gasteiger partial charge is 0.369 e. The first-order valence-electron chi connectivity index (χ1n) is 6.94. The molecule has 0 aromatic heterocycles. The lowest BCUT2D eigenvalue weighted by atomic mass is 9.97. The van der Waals surface area contributed by atoms with Gasteiger partial charge in [0.2, 0.25) is 11.8 Å². The number of nitrogens with zero attached hydrogens (tertiary/aromatic N) is 2. The Morgan fingerprint density at radius 1 is 1.47 bits per heavy atom. The molecule has 0 saturated carbocycles. The van der Waals surface area contributed by atoms with Gasteiger partial charge in [-0.1, -0.05) is 0 Å². The molecule has 3 N–H and O–H groups in total. The minimum Gasteiger partial charge on any atom is -0.369 e. The van der Waals surface area contributed by atoms with Crippen molar-refractivity contribution < 1.29 is 9.59 Å². The minimum atomic E-state index is -0.292. The van der Waals surface area contributed by atoms with Gasteiger partial charge in [0.1, 0.15) is 0 Å². The first kappa shape index (κ1) is 15.9. The molecule has 0 radical (unpaired) electrons. The number of nitrogens with two attached hydrogens (primary N) is 1. The molecule has 1 fully saturated rings. The van der Waals surface area contributed by atoms with Gasteiger partial charge in [-0.25, -0.2) is 0 Å². The van der Waals surface area contributed by atoms with Crippen LogP contribution in [-0.2, 0) is 9.59 Å². The van der Waals surface area contributed by atoms with E-state index in [0.717, 1.165) is 38.9 Å². The van der Waals surface area contributed by atoms with Crippen LogP contribution in [0.2, 0.25) is 0 Å². The highest BCUT2D eigenvalue weighted by molar-refractivity contribution is 5.81. The highest BCUT2D eigenvalue weighted by Gasteiger charge is 2.27. The van der Waals surface area contributed by atoms with Gasteiger partial charge in [-0.3, -0.25) is 14.5 Å². The fourth-order valence-electron chi connectivity index (χ4n) is 2.37. The number of nitrogens with one attached hydrogen (secondary N) is 1. The monoisotopic (exact) mass is 270 g/mol. The lowest BCUT2D eigenvalue weighted by Crippen LogP contribution is -2.47. The van der Waals surface area contributed by atoms with Crippen molar-refractivity contribution in [3.63, 3.8) is 0 Å². The topological polar surface area (TPSA) is 78.7 Å². The van der Waals surface area contributed by atoms with E-state index in [4.69, 9.17) is 5.73 Å². The quantitative estimate of drug-likeness (QED) is 0.597. The Hall–Kier alpha value is -1.14. The van der Waals surface area contributed by atoms with Crippen molar-refractivity contribution in [1.29, 1.82) is 0 Å². The second kappa shape index (κ2) is 8.12. The lowest BCUT2D eigenvalue weighted by molar-refractivity contribution is -0.135. The van der Waals surface area contributed by atoms with E-state index in [1.54, 1.807) is 4.90 Å². The molecule has 0 aliphatic carbocycles. The van der Waals surface area contributed by atoms with Crippen molar-refractivity contribution >= 4 is 11.8 Å². The van der Waals surface area contributed by atoms with Crippen LogP contribution in [0.25, 0.3) is 0 Å². The molecule has 0 aromatic rings. The van der Waals surface area contributed by atoms with Crippen molar-refractivity contribution in [2.24, 2.45) is 11.7 Å². The minimum absolute atomic E-state index is 0.0953. The Morgan fingerprint density at radius 2 is 2.21 bits per heavy atom. The second-order valence-electron chi connectivity index (χ2n) is 5.28. The van der Waals surface area contributed by atoms with E-state index >= 15 is 0 Å². The fourth-order valence-corrected chi connectivity index (χ4v) is 2.37. The summed E-state index contributed by atoms with van der Waals surface area (Å²) in [5.74, 6) is -0.370. The van der Waals surface area contributed by atoms with Crippen LogP contribution < -0.4 is 11.1 Å². The maximum Gasteiger partial charge on any atom is 0.236 e. The summed E-state index contributed by atoms with van der Waals surface area (Å²) in [4.78, 5) is 27.1. The maximum absolute atomic E-state index is 12.1. The van der Waals surface area contributed by atoms with E-state index in [2.05, 4.69) is 5.32 Å². The number of rotatable bonds is 7. The number of primary amides is 1. The smallest absolute Gasteiger partial charge is 0.236 e. The molecule has 1 aliphatic heterocycles. The van der Waals surface area contributed by atoms with Crippen molar-refractivity contribution in [2.75, 3.05) is 46.8 Å². The molecule has 1 rings (SSSR count). The summed E-state index contributed by atoms with van der Waals surface area (Å²) in [5, 5.41) is 3.08. The van der Waals surface area contributed by atoms with Gasteiger partial charge in [-0.15, -0.1) is 0 Å². The van der Waals surface area contributed by atoms with Crippen molar-refractivity contribution in [3.05, 3.63) is 0 Å². The van der Waals surface area contributed by atoms with Crippen LogP contribution in [0.1, 0.15) is 19.3 Å². The van der Waals surface area contributed by atoms with Crippen molar-refractivity contribution in [1.82, 2.24) is 15.1 Å². The summed E-state index contributed by atoms with van der Waals surface area (Å²) < 4.78 is 0. The Morgan fingerprint density at radius 3 is 2.84 bits per heavy atom. The van der Waals surface area contributed by atoms with Crippen LogP contribution >= 0.6 is 0 Å². The molecule has 1 unspecified atom stereocenters. The highest BCUT2D eigenvalue weighted by Crippen LogP contribution is 2.16. The molecule has 6 nitrogen and oxygen atoms in total. The number of carbonyl (C=O) groups is 2. The molecule has 0 aromatic carbocycles. The zero-order valence-corrected chi connectivity index (χ0v) is 12.0. The van der Waals surface area contributed by atoms with Crippen LogP contribution in [0, 0.1) is 5.92 Å². The van der Waals surface area contributed by atoms with E-state index in [-0.39, 0.29) is 17.7 Å². The third kappa shape index (κ3) is 5.57. The Balaban J connectivity index is 2.33. The molecule has 110 valence electrons. The molecule has 0 bridgehead atoms. The van der Waals surface area contributed by atoms with Gasteiger partial charge >= 0.3 is 0 Å². The van der Waals surface area contributed by atoms with Gasteiger partial charge in [0, 0.05) is 13.1 Å². The van der Waals surface area contributed by atoms with Gasteiger partial charge in [-0.05, 0) is 46.4 Å². The predicted octanol–water partition coefficient (Wildman–Crippen LogP) is -0.748. The van der Waals surface area contributed by atoms with Crippen LogP contribution in [0.15, 0.2) is 0 Å². The predicted molar refractivity (Wildman–Crippen MR) is 74.5 cm³/mol. The van der Waals surface area contributed by atoms with Gasteiger partial charge < -0.3 is 16.0 Å². The normalized spacial score (nSPS) is 19.7. The van der Waals surface area contributed by atoms with Crippen LogP contribution in [0.3, 0.4) is 0 Å². The van der Waals surface area contributed by atoms with Gasteiger partial charge in [0.15, 0.2) is 0 Å². The molecule has 0 spiro atoms. The second-order valence-corrected chi connectivity index (χ2v) is 5.28. The first-order chi connectivity index (χ1) is 9.04. The van der Waals surface area contributed by atoms with Crippen molar-refractivity contribution in [2.45, 2.75) is 19.3 Å².